The van der Waals surface area contributed by atoms with Crippen molar-refractivity contribution >= 4 is 0 Å². The summed E-state index contributed by atoms with van der Waals surface area (Å²) in [5.74, 6) is 0. The molecule has 2 unspecified atom stereocenters. The summed E-state index contributed by atoms with van der Waals surface area (Å²) in [6.07, 6.45) is 15.1. The first-order valence-corrected chi connectivity index (χ1v) is 8.94. The summed E-state index contributed by atoms with van der Waals surface area (Å²) >= 11 is 0. The lowest BCUT2D eigenvalue weighted by molar-refractivity contribution is -0.0917. The Morgan fingerprint density at radius 1 is 0.900 bits per heavy atom. The number of nitrogens with one attached hydrogen (secondary N) is 1. The molecule has 0 amide bonds. The van der Waals surface area contributed by atoms with Crippen LogP contribution in [0.15, 0.2) is 0 Å². The van der Waals surface area contributed by atoms with Crippen LogP contribution in [0.2, 0.25) is 0 Å². The summed E-state index contributed by atoms with van der Waals surface area (Å²) in [4.78, 5) is 0. The normalized spacial score (nSPS) is 27.6. The van der Waals surface area contributed by atoms with Crippen molar-refractivity contribution in [1.29, 1.82) is 0 Å². The highest BCUT2D eigenvalue weighted by Gasteiger charge is 2.27. The smallest absolute Gasteiger partial charge is 0.0735 e. The molecule has 1 rings (SSSR count). The van der Waals surface area contributed by atoms with Crippen molar-refractivity contribution < 1.29 is 4.74 Å². The molecule has 0 aliphatic heterocycles. The molecule has 0 radical (unpaired) electrons. The molecule has 2 heteroatoms. The molecule has 0 spiro atoms. The van der Waals surface area contributed by atoms with E-state index < -0.39 is 0 Å². The van der Waals surface area contributed by atoms with Crippen LogP contribution in [0.3, 0.4) is 0 Å². The second kappa shape index (κ2) is 9.78. The Morgan fingerprint density at radius 3 is 1.90 bits per heavy atom. The molecule has 2 nitrogen and oxygen atoms in total. The van der Waals surface area contributed by atoms with Crippen LogP contribution in [0.25, 0.3) is 0 Å². The van der Waals surface area contributed by atoms with Crippen molar-refractivity contribution in [2.45, 2.75) is 109 Å². The van der Waals surface area contributed by atoms with Gasteiger partial charge in [0, 0.05) is 6.04 Å². The van der Waals surface area contributed by atoms with Crippen LogP contribution in [0.4, 0.5) is 0 Å². The number of ether oxygens (including phenoxy) is 1. The molecule has 0 heterocycles. The molecule has 1 saturated carbocycles. The zero-order valence-corrected chi connectivity index (χ0v) is 14.3. The van der Waals surface area contributed by atoms with Gasteiger partial charge in [-0.1, -0.05) is 58.3 Å². The third-order valence-electron chi connectivity index (χ3n) is 4.90. The fourth-order valence-corrected chi connectivity index (χ4v) is 3.12. The Hall–Kier alpha value is -0.0800. The van der Waals surface area contributed by atoms with Gasteiger partial charge in [-0.3, -0.25) is 0 Å². The van der Waals surface area contributed by atoms with Gasteiger partial charge in [-0.25, -0.2) is 0 Å². The van der Waals surface area contributed by atoms with Crippen molar-refractivity contribution in [3.8, 4) is 0 Å². The third kappa shape index (κ3) is 7.08. The van der Waals surface area contributed by atoms with E-state index >= 15 is 0 Å². The standard InChI is InChI=1S/C18H37NO/c1-5-18(2,3)20-17-15-13-11-9-7-6-8-10-12-14-16(17)19-4/h16-17,19H,5-15H2,1-4H3. The average molecular weight is 283 g/mol. The van der Waals surface area contributed by atoms with Crippen LogP contribution >= 0.6 is 0 Å². The summed E-state index contributed by atoms with van der Waals surface area (Å²) in [7, 11) is 2.10. The highest BCUT2D eigenvalue weighted by Crippen LogP contribution is 2.24. The van der Waals surface area contributed by atoms with E-state index in [1.54, 1.807) is 0 Å². The van der Waals surface area contributed by atoms with Gasteiger partial charge in [0.2, 0.25) is 0 Å². The molecule has 1 fully saturated rings. The van der Waals surface area contributed by atoms with Crippen LogP contribution < -0.4 is 5.32 Å². The zero-order chi connectivity index (χ0) is 14.8. The molecule has 120 valence electrons. The maximum atomic E-state index is 6.47. The molecule has 0 aromatic rings. The van der Waals surface area contributed by atoms with Gasteiger partial charge >= 0.3 is 0 Å². The number of likely N-dealkylation sites (N-methyl/N-ethyl adjacent to an activating group) is 1. The Bertz CT molecular complexity index is 240. The fourth-order valence-electron chi connectivity index (χ4n) is 3.12. The third-order valence-corrected chi connectivity index (χ3v) is 4.90. The maximum Gasteiger partial charge on any atom is 0.0735 e. The van der Waals surface area contributed by atoms with Crippen LogP contribution in [0, 0.1) is 0 Å². The molecular weight excluding hydrogens is 246 g/mol. The number of hydrogen-bond donors (Lipinski definition) is 1. The van der Waals surface area contributed by atoms with Gasteiger partial charge in [0.15, 0.2) is 0 Å². The van der Waals surface area contributed by atoms with Crippen LogP contribution in [-0.4, -0.2) is 24.8 Å². The van der Waals surface area contributed by atoms with Gasteiger partial charge in [-0.2, -0.15) is 0 Å². The molecule has 20 heavy (non-hydrogen) atoms. The van der Waals surface area contributed by atoms with Gasteiger partial charge in [0.05, 0.1) is 11.7 Å². The minimum Gasteiger partial charge on any atom is -0.371 e. The summed E-state index contributed by atoms with van der Waals surface area (Å²) < 4.78 is 6.47. The maximum absolute atomic E-state index is 6.47. The SMILES string of the molecule is CCC(C)(C)OC1CCCCCCCCCCC1NC. The minimum atomic E-state index is 0.0107. The summed E-state index contributed by atoms with van der Waals surface area (Å²) in [6, 6.07) is 0.528. The van der Waals surface area contributed by atoms with E-state index in [0.29, 0.717) is 12.1 Å². The molecule has 1 aliphatic rings. The van der Waals surface area contributed by atoms with Crippen LogP contribution in [0.5, 0.6) is 0 Å². The zero-order valence-electron chi connectivity index (χ0n) is 14.3. The summed E-state index contributed by atoms with van der Waals surface area (Å²) in [6.45, 7) is 6.69. The molecule has 0 aromatic carbocycles. The Kier molecular flexibility index (Phi) is 8.79. The van der Waals surface area contributed by atoms with Crippen molar-refractivity contribution in [3.05, 3.63) is 0 Å². The van der Waals surface area contributed by atoms with Gasteiger partial charge in [-0.05, 0) is 40.2 Å². The summed E-state index contributed by atoms with van der Waals surface area (Å²) in [5, 5.41) is 3.53. The van der Waals surface area contributed by atoms with Crippen molar-refractivity contribution in [2.24, 2.45) is 0 Å². The summed E-state index contributed by atoms with van der Waals surface area (Å²) in [5.41, 5.74) is 0.0107. The van der Waals surface area contributed by atoms with Crippen LogP contribution in [0.1, 0.15) is 91.4 Å². The predicted molar refractivity (Wildman–Crippen MR) is 88.3 cm³/mol. The first-order chi connectivity index (χ1) is 9.59. The van der Waals surface area contributed by atoms with Gasteiger partial charge in [0.25, 0.3) is 0 Å². The van der Waals surface area contributed by atoms with E-state index in [9.17, 15) is 0 Å². The van der Waals surface area contributed by atoms with E-state index in [1.165, 1.54) is 64.2 Å². The monoisotopic (exact) mass is 283 g/mol. The molecule has 1 N–H and O–H groups in total. The second-order valence-electron chi connectivity index (χ2n) is 7.07. The lowest BCUT2D eigenvalue weighted by atomic mass is 9.94. The topological polar surface area (TPSA) is 21.3 Å². The van der Waals surface area contributed by atoms with E-state index in [2.05, 4.69) is 33.1 Å². The van der Waals surface area contributed by atoms with Gasteiger partial charge in [-0.15, -0.1) is 0 Å². The van der Waals surface area contributed by atoms with Crippen molar-refractivity contribution in [1.82, 2.24) is 5.32 Å². The highest BCUT2D eigenvalue weighted by molar-refractivity contribution is 4.80. The molecule has 1 aliphatic carbocycles. The Labute approximate surface area is 127 Å². The van der Waals surface area contributed by atoms with E-state index in [1.807, 2.05) is 0 Å². The highest BCUT2D eigenvalue weighted by atomic mass is 16.5. The number of rotatable bonds is 4. The van der Waals surface area contributed by atoms with E-state index in [-0.39, 0.29) is 5.60 Å². The Morgan fingerprint density at radius 2 is 1.40 bits per heavy atom. The second-order valence-corrected chi connectivity index (χ2v) is 7.07. The predicted octanol–water partition coefficient (Wildman–Crippen LogP) is 5.06. The molecule has 0 aromatic heterocycles. The number of hydrogen-bond acceptors (Lipinski definition) is 2. The van der Waals surface area contributed by atoms with E-state index in [0.717, 1.165) is 6.42 Å². The first-order valence-electron chi connectivity index (χ1n) is 8.94. The average Bonchev–Trinajstić information content (AvgIpc) is 2.42. The van der Waals surface area contributed by atoms with Crippen LogP contribution in [-0.2, 0) is 4.74 Å². The fraction of sp³-hybridized carbons (Fsp3) is 1.00. The Balaban J connectivity index is 2.60. The van der Waals surface area contributed by atoms with Crippen molar-refractivity contribution in [2.75, 3.05) is 7.05 Å². The molecule has 2 atom stereocenters. The first kappa shape index (κ1) is 18.0. The van der Waals surface area contributed by atoms with E-state index in [4.69, 9.17) is 4.74 Å². The van der Waals surface area contributed by atoms with Gasteiger partial charge < -0.3 is 10.1 Å². The molecular formula is C18H37NO. The largest absolute Gasteiger partial charge is 0.371 e. The van der Waals surface area contributed by atoms with Crippen molar-refractivity contribution in [3.63, 3.8) is 0 Å². The quantitative estimate of drug-likeness (QED) is 0.778. The lowest BCUT2D eigenvalue weighted by Gasteiger charge is -2.35. The molecule has 0 saturated heterocycles. The molecule has 0 bridgehead atoms. The lowest BCUT2D eigenvalue weighted by Crippen LogP contribution is -2.44. The van der Waals surface area contributed by atoms with Gasteiger partial charge in [0.1, 0.15) is 0 Å². The minimum absolute atomic E-state index is 0.0107.